The summed E-state index contributed by atoms with van der Waals surface area (Å²) in [5.41, 5.74) is 3.06. The van der Waals surface area contributed by atoms with E-state index in [4.69, 9.17) is 28.2 Å². The molecule has 0 amide bonds. The van der Waals surface area contributed by atoms with E-state index in [1.165, 1.54) is 0 Å². The van der Waals surface area contributed by atoms with Gasteiger partial charge in [-0.15, -0.1) is 0 Å². The number of nitrogens with zero attached hydrogens (tertiary/aromatic N) is 2. The van der Waals surface area contributed by atoms with Crippen molar-refractivity contribution in [1.82, 2.24) is 15.2 Å². The van der Waals surface area contributed by atoms with E-state index in [1.807, 2.05) is 48.5 Å². The van der Waals surface area contributed by atoms with E-state index in [0.29, 0.717) is 10.1 Å². The smallest absolute Gasteiger partial charge is 0.170 e. The zero-order chi connectivity index (χ0) is 19.8. The Labute approximate surface area is 175 Å². The molecule has 0 unspecified atom stereocenters. The van der Waals surface area contributed by atoms with Gasteiger partial charge in [0.1, 0.15) is 17.6 Å². The molecular weight excluding hydrogens is 390 g/mol. The molecule has 6 heteroatoms. The van der Waals surface area contributed by atoms with Crippen molar-refractivity contribution in [2.75, 3.05) is 0 Å². The van der Waals surface area contributed by atoms with E-state index >= 15 is 0 Å². The van der Waals surface area contributed by atoms with Gasteiger partial charge < -0.3 is 14.6 Å². The molecule has 4 nitrogen and oxygen atoms in total. The molecule has 0 saturated carbocycles. The van der Waals surface area contributed by atoms with Crippen molar-refractivity contribution in [2.24, 2.45) is 0 Å². The Balaban J connectivity index is 1.77. The van der Waals surface area contributed by atoms with Crippen LogP contribution in [0.15, 0.2) is 59.1 Å². The molecule has 0 spiro atoms. The fraction of sp³-hybridized carbons (Fsp3) is 0.273. The van der Waals surface area contributed by atoms with E-state index in [-0.39, 0.29) is 18.1 Å². The topological polar surface area (TPSA) is 41.3 Å². The van der Waals surface area contributed by atoms with Crippen LogP contribution in [0.3, 0.4) is 0 Å². The van der Waals surface area contributed by atoms with Gasteiger partial charge in [-0.2, -0.15) is 0 Å². The Bertz CT molecular complexity index is 1000. The summed E-state index contributed by atoms with van der Waals surface area (Å²) >= 11 is 11.8. The summed E-state index contributed by atoms with van der Waals surface area (Å²) < 4.78 is 6.34. The first kappa shape index (κ1) is 19.0. The minimum atomic E-state index is -0.0736. The summed E-state index contributed by atoms with van der Waals surface area (Å²) in [5, 5.41) is 4.84. The van der Waals surface area contributed by atoms with Crippen LogP contribution in [0, 0.1) is 6.92 Å². The van der Waals surface area contributed by atoms with Gasteiger partial charge in [0.15, 0.2) is 5.11 Å². The maximum absolute atomic E-state index is 6.34. The van der Waals surface area contributed by atoms with E-state index < -0.39 is 0 Å². The molecule has 0 radical (unpaired) electrons. The lowest BCUT2D eigenvalue weighted by atomic mass is 10.0. The molecular formula is C22H22ClN3OS. The monoisotopic (exact) mass is 411 g/mol. The maximum atomic E-state index is 6.34. The predicted molar refractivity (Wildman–Crippen MR) is 116 cm³/mol. The highest BCUT2D eigenvalue weighted by atomic mass is 35.5. The molecule has 1 fully saturated rings. The highest BCUT2D eigenvalue weighted by Gasteiger charge is 2.42. The van der Waals surface area contributed by atoms with Gasteiger partial charge in [-0.25, -0.2) is 0 Å². The van der Waals surface area contributed by atoms with E-state index in [9.17, 15) is 0 Å². The number of aryl methyl sites for hydroxylation is 1. The zero-order valence-electron chi connectivity index (χ0n) is 16.0. The highest BCUT2D eigenvalue weighted by Crippen LogP contribution is 2.41. The van der Waals surface area contributed by atoms with Crippen LogP contribution in [0.25, 0.3) is 11.3 Å². The lowest BCUT2D eigenvalue weighted by Gasteiger charge is -2.29. The predicted octanol–water partition coefficient (Wildman–Crippen LogP) is 5.68. The number of furan rings is 1. The normalized spacial score (nSPS) is 19.3. The van der Waals surface area contributed by atoms with Crippen molar-refractivity contribution in [1.29, 1.82) is 0 Å². The summed E-state index contributed by atoms with van der Waals surface area (Å²) in [4.78, 5) is 6.73. The summed E-state index contributed by atoms with van der Waals surface area (Å²) in [6.07, 6.45) is 1.80. The van der Waals surface area contributed by atoms with Crippen molar-refractivity contribution >= 4 is 28.9 Å². The van der Waals surface area contributed by atoms with Crippen LogP contribution in [0.2, 0.25) is 5.02 Å². The van der Waals surface area contributed by atoms with Gasteiger partial charge in [0.25, 0.3) is 0 Å². The number of thiocarbonyl (C=S) groups is 1. The van der Waals surface area contributed by atoms with Crippen LogP contribution in [0.5, 0.6) is 0 Å². The van der Waals surface area contributed by atoms with E-state index in [1.54, 1.807) is 6.20 Å². The Hall–Kier alpha value is -2.37. The summed E-state index contributed by atoms with van der Waals surface area (Å²) in [6.45, 7) is 6.32. The van der Waals surface area contributed by atoms with Crippen LogP contribution < -0.4 is 5.32 Å². The first-order valence-electron chi connectivity index (χ1n) is 9.31. The molecule has 144 valence electrons. The summed E-state index contributed by atoms with van der Waals surface area (Å²) in [7, 11) is 0. The number of hydrogen-bond acceptors (Lipinski definition) is 3. The molecule has 1 aliphatic heterocycles. The lowest BCUT2D eigenvalue weighted by Crippen LogP contribution is -2.35. The van der Waals surface area contributed by atoms with Crippen molar-refractivity contribution in [2.45, 2.75) is 38.9 Å². The highest BCUT2D eigenvalue weighted by molar-refractivity contribution is 7.80. The van der Waals surface area contributed by atoms with Gasteiger partial charge in [0.2, 0.25) is 0 Å². The second kappa shape index (κ2) is 7.57. The standard InChI is InChI=1S/C22H22ClN3OS/c1-13(2)26-21(20(25-22(26)28)17-6-4-5-11-24-17)19-10-9-18(27-19)16-12-15(23)8-7-14(16)3/h4-13,20-21H,1-3H3,(H,25,28)/t20-,21+/m1/s1. The van der Waals surface area contributed by atoms with Gasteiger partial charge in [0.05, 0.1) is 11.7 Å². The van der Waals surface area contributed by atoms with Crippen LogP contribution in [-0.4, -0.2) is 21.0 Å². The van der Waals surface area contributed by atoms with E-state index in [0.717, 1.165) is 28.3 Å². The second-order valence-electron chi connectivity index (χ2n) is 7.29. The van der Waals surface area contributed by atoms with Crippen LogP contribution in [0.1, 0.15) is 42.9 Å². The molecule has 3 aromatic rings. The molecule has 28 heavy (non-hydrogen) atoms. The average Bonchev–Trinajstić information content (AvgIpc) is 3.28. The van der Waals surface area contributed by atoms with Gasteiger partial charge in [-0.1, -0.05) is 23.7 Å². The molecule has 2 aromatic heterocycles. The third-order valence-corrected chi connectivity index (χ3v) is 5.64. The van der Waals surface area contributed by atoms with Crippen LogP contribution >= 0.6 is 23.8 Å². The Morgan fingerprint density at radius 1 is 1.18 bits per heavy atom. The minimum Gasteiger partial charge on any atom is -0.459 e. The minimum absolute atomic E-state index is 0.0735. The fourth-order valence-corrected chi connectivity index (χ4v) is 4.37. The quantitative estimate of drug-likeness (QED) is 0.559. The van der Waals surface area contributed by atoms with Gasteiger partial charge in [0, 0.05) is 22.8 Å². The van der Waals surface area contributed by atoms with Crippen molar-refractivity contribution in [3.63, 3.8) is 0 Å². The largest absolute Gasteiger partial charge is 0.459 e. The number of rotatable bonds is 4. The molecule has 4 rings (SSSR count). The SMILES string of the molecule is Cc1ccc(Cl)cc1-c1ccc([C@H]2[C@@H](c3ccccn3)NC(=S)N2C(C)C)o1. The second-order valence-corrected chi connectivity index (χ2v) is 8.11. The van der Waals surface area contributed by atoms with Crippen molar-refractivity contribution in [3.8, 4) is 11.3 Å². The van der Waals surface area contributed by atoms with Crippen molar-refractivity contribution in [3.05, 3.63) is 76.8 Å². The molecule has 1 aliphatic rings. The van der Waals surface area contributed by atoms with Gasteiger partial charge in [-0.3, -0.25) is 4.98 Å². The molecule has 1 N–H and O–H groups in total. The van der Waals surface area contributed by atoms with Crippen LogP contribution in [0.4, 0.5) is 0 Å². The van der Waals surface area contributed by atoms with Gasteiger partial charge in [-0.05, 0) is 75.0 Å². The molecule has 0 aliphatic carbocycles. The molecule has 0 bridgehead atoms. The number of pyridine rings is 1. The molecule has 2 atom stereocenters. The zero-order valence-corrected chi connectivity index (χ0v) is 17.6. The van der Waals surface area contributed by atoms with Gasteiger partial charge >= 0.3 is 0 Å². The third kappa shape index (κ3) is 3.40. The maximum Gasteiger partial charge on any atom is 0.170 e. The first-order chi connectivity index (χ1) is 13.5. The van der Waals surface area contributed by atoms with Crippen LogP contribution in [-0.2, 0) is 0 Å². The van der Waals surface area contributed by atoms with E-state index in [2.05, 4.69) is 36.0 Å². The number of halogens is 1. The number of benzene rings is 1. The number of aromatic nitrogens is 1. The summed E-state index contributed by atoms with van der Waals surface area (Å²) in [6, 6.07) is 15.9. The lowest BCUT2D eigenvalue weighted by molar-refractivity contribution is 0.237. The molecule has 1 saturated heterocycles. The van der Waals surface area contributed by atoms with Crippen molar-refractivity contribution < 1.29 is 4.42 Å². The first-order valence-corrected chi connectivity index (χ1v) is 10.1. The number of nitrogens with one attached hydrogen (secondary N) is 1. The Morgan fingerprint density at radius 3 is 2.71 bits per heavy atom. The number of hydrogen-bond donors (Lipinski definition) is 1. The molecule has 3 heterocycles. The average molecular weight is 412 g/mol. The summed E-state index contributed by atoms with van der Waals surface area (Å²) in [5.74, 6) is 1.65. The Kier molecular flexibility index (Phi) is 5.13. The molecule has 1 aromatic carbocycles. The fourth-order valence-electron chi connectivity index (χ4n) is 3.74. The third-order valence-electron chi connectivity index (χ3n) is 5.08. The Morgan fingerprint density at radius 2 is 2.00 bits per heavy atom.